The van der Waals surface area contributed by atoms with E-state index in [1.165, 1.54) is 49.7 Å². The summed E-state index contributed by atoms with van der Waals surface area (Å²) in [7, 11) is 0. The van der Waals surface area contributed by atoms with E-state index in [1.807, 2.05) is 0 Å². The molecule has 1 aromatic rings. The molecule has 1 aliphatic heterocycles. The maximum Gasteiger partial charge on any atom is 0.169 e. The van der Waals surface area contributed by atoms with E-state index in [0.29, 0.717) is 12.0 Å². The lowest BCUT2D eigenvalue weighted by Gasteiger charge is -2.28. The van der Waals surface area contributed by atoms with Gasteiger partial charge in [-0.1, -0.05) is 49.1 Å². The Morgan fingerprint density at radius 3 is 2.52 bits per heavy atom. The summed E-state index contributed by atoms with van der Waals surface area (Å²) < 4.78 is 0. The standard InChI is InChI=1S/C18H26N2S/c1-14-7-9-15(10-8-14)16-11-12-20(13-16)18(21)19-17-5-3-2-4-6-17/h7-10,16-17H,2-6,11-13H2,1H3,(H,19,21). The van der Waals surface area contributed by atoms with Crippen molar-refractivity contribution in [1.29, 1.82) is 0 Å². The summed E-state index contributed by atoms with van der Waals surface area (Å²) in [6.45, 7) is 4.31. The minimum absolute atomic E-state index is 0.615. The zero-order valence-electron chi connectivity index (χ0n) is 13.0. The van der Waals surface area contributed by atoms with Gasteiger partial charge in [-0.25, -0.2) is 0 Å². The van der Waals surface area contributed by atoms with Gasteiger partial charge in [0.2, 0.25) is 0 Å². The fourth-order valence-corrected chi connectivity index (χ4v) is 3.90. The predicted molar refractivity (Wildman–Crippen MR) is 92.7 cm³/mol. The zero-order valence-corrected chi connectivity index (χ0v) is 13.8. The lowest BCUT2D eigenvalue weighted by Crippen LogP contribution is -2.44. The van der Waals surface area contributed by atoms with Crippen LogP contribution < -0.4 is 5.32 Å². The highest BCUT2D eigenvalue weighted by Crippen LogP contribution is 2.27. The minimum Gasteiger partial charge on any atom is -0.360 e. The number of aryl methyl sites for hydroxylation is 1. The summed E-state index contributed by atoms with van der Waals surface area (Å²) >= 11 is 5.63. The number of hydrogen-bond donors (Lipinski definition) is 1. The van der Waals surface area contributed by atoms with Gasteiger partial charge >= 0.3 is 0 Å². The Morgan fingerprint density at radius 2 is 1.81 bits per heavy atom. The second-order valence-electron chi connectivity index (χ2n) is 6.63. The van der Waals surface area contributed by atoms with Crippen molar-refractivity contribution in [2.75, 3.05) is 13.1 Å². The van der Waals surface area contributed by atoms with Crippen LogP contribution in [0.4, 0.5) is 0 Å². The molecule has 2 aliphatic rings. The van der Waals surface area contributed by atoms with Gasteiger partial charge in [0, 0.05) is 25.0 Å². The Balaban J connectivity index is 1.53. The highest BCUT2D eigenvalue weighted by atomic mass is 32.1. The fourth-order valence-electron chi connectivity index (χ4n) is 3.57. The molecule has 3 rings (SSSR count). The molecular weight excluding hydrogens is 276 g/mol. The van der Waals surface area contributed by atoms with Crippen LogP contribution in [0.5, 0.6) is 0 Å². The van der Waals surface area contributed by atoms with Crippen LogP contribution in [0.3, 0.4) is 0 Å². The Labute approximate surface area is 133 Å². The molecule has 2 fully saturated rings. The van der Waals surface area contributed by atoms with Crippen LogP contribution in [0.2, 0.25) is 0 Å². The minimum atomic E-state index is 0.615. The Bertz CT molecular complexity index is 476. The number of nitrogens with zero attached hydrogens (tertiary/aromatic N) is 1. The first-order valence-corrected chi connectivity index (χ1v) is 8.75. The van der Waals surface area contributed by atoms with Crippen LogP contribution in [0.15, 0.2) is 24.3 Å². The van der Waals surface area contributed by atoms with Crippen molar-refractivity contribution < 1.29 is 0 Å². The smallest absolute Gasteiger partial charge is 0.169 e. The van der Waals surface area contributed by atoms with E-state index in [4.69, 9.17) is 12.2 Å². The van der Waals surface area contributed by atoms with Gasteiger partial charge in [0.1, 0.15) is 0 Å². The fraction of sp³-hybridized carbons (Fsp3) is 0.611. The summed E-state index contributed by atoms with van der Waals surface area (Å²) in [5.74, 6) is 0.636. The SMILES string of the molecule is Cc1ccc(C2CCN(C(=S)NC3CCCCC3)C2)cc1. The summed E-state index contributed by atoms with van der Waals surface area (Å²) in [5, 5.41) is 4.58. The maximum atomic E-state index is 5.63. The Morgan fingerprint density at radius 1 is 1.10 bits per heavy atom. The monoisotopic (exact) mass is 302 g/mol. The Hall–Kier alpha value is -1.09. The summed E-state index contributed by atoms with van der Waals surface area (Å²) in [6.07, 6.45) is 7.89. The van der Waals surface area contributed by atoms with Crippen LogP contribution in [-0.4, -0.2) is 29.1 Å². The molecule has 1 aliphatic carbocycles. The molecule has 1 heterocycles. The molecule has 0 spiro atoms. The molecule has 0 bridgehead atoms. The molecule has 2 nitrogen and oxygen atoms in total. The average Bonchev–Trinajstić information content (AvgIpc) is 2.99. The van der Waals surface area contributed by atoms with Gasteiger partial charge in [0.25, 0.3) is 0 Å². The molecule has 1 N–H and O–H groups in total. The van der Waals surface area contributed by atoms with E-state index in [2.05, 4.69) is 41.4 Å². The first-order valence-electron chi connectivity index (χ1n) is 8.34. The highest BCUT2D eigenvalue weighted by Gasteiger charge is 2.26. The van der Waals surface area contributed by atoms with Gasteiger partial charge < -0.3 is 10.2 Å². The molecule has 3 heteroatoms. The lowest BCUT2D eigenvalue weighted by atomic mass is 9.96. The molecule has 0 radical (unpaired) electrons. The molecule has 1 saturated carbocycles. The third-order valence-electron chi connectivity index (χ3n) is 4.96. The van der Waals surface area contributed by atoms with Crippen molar-refractivity contribution in [3.63, 3.8) is 0 Å². The van der Waals surface area contributed by atoms with E-state index in [0.717, 1.165) is 18.2 Å². The van der Waals surface area contributed by atoms with Gasteiger partial charge in [-0.2, -0.15) is 0 Å². The number of hydrogen-bond acceptors (Lipinski definition) is 1. The van der Waals surface area contributed by atoms with Crippen molar-refractivity contribution in [2.45, 2.75) is 57.4 Å². The lowest BCUT2D eigenvalue weighted by molar-refractivity contribution is 0.394. The van der Waals surface area contributed by atoms with Crippen LogP contribution in [-0.2, 0) is 0 Å². The van der Waals surface area contributed by atoms with Crippen LogP contribution in [0.25, 0.3) is 0 Å². The Kier molecular flexibility index (Phi) is 4.79. The molecule has 21 heavy (non-hydrogen) atoms. The normalized spacial score (nSPS) is 23.3. The second-order valence-corrected chi connectivity index (χ2v) is 7.01. The number of thiocarbonyl (C=S) groups is 1. The van der Waals surface area contributed by atoms with Gasteiger partial charge in [0.15, 0.2) is 5.11 Å². The van der Waals surface area contributed by atoms with Crippen LogP contribution in [0.1, 0.15) is 55.6 Å². The third-order valence-corrected chi connectivity index (χ3v) is 5.33. The number of likely N-dealkylation sites (tertiary alicyclic amines) is 1. The van der Waals surface area contributed by atoms with E-state index in [9.17, 15) is 0 Å². The van der Waals surface area contributed by atoms with Crippen molar-refractivity contribution in [3.05, 3.63) is 35.4 Å². The topological polar surface area (TPSA) is 15.3 Å². The van der Waals surface area contributed by atoms with Crippen LogP contribution in [0, 0.1) is 6.92 Å². The number of rotatable bonds is 2. The molecule has 114 valence electrons. The van der Waals surface area contributed by atoms with Gasteiger partial charge in [-0.3, -0.25) is 0 Å². The van der Waals surface area contributed by atoms with Crippen molar-refractivity contribution >= 4 is 17.3 Å². The van der Waals surface area contributed by atoms with Crippen LogP contribution >= 0.6 is 12.2 Å². The third kappa shape index (κ3) is 3.76. The predicted octanol–water partition coefficient (Wildman–Crippen LogP) is 3.99. The van der Waals surface area contributed by atoms with E-state index in [1.54, 1.807) is 0 Å². The first kappa shape index (κ1) is 14.8. The molecule has 1 aromatic carbocycles. The molecule has 1 atom stereocenters. The summed E-state index contributed by atoms with van der Waals surface area (Å²) in [4.78, 5) is 2.37. The highest BCUT2D eigenvalue weighted by molar-refractivity contribution is 7.80. The van der Waals surface area contributed by atoms with Crippen molar-refractivity contribution in [3.8, 4) is 0 Å². The van der Waals surface area contributed by atoms with E-state index in [-0.39, 0.29) is 0 Å². The van der Waals surface area contributed by atoms with Gasteiger partial charge in [-0.05, 0) is 44.0 Å². The van der Waals surface area contributed by atoms with Gasteiger partial charge in [-0.15, -0.1) is 0 Å². The molecule has 1 unspecified atom stereocenters. The first-order chi connectivity index (χ1) is 10.2. The number of benzene rings is 1. The maximum absolute atomic E-state index is 5.63. The quantitative estimate of drug-likeness (QED) is 0.832. The molecule has 0 amide bonds. The zero-order chi connectivity index (χ0) is 14.7. The van der Waals surface area contributed by atoms with E-state index >= 15 is 0 Å². The molecule has 0 aromatic heterocycles. The second kappa shape index (κ2) is 6.78. The van der Waals surface area contributed by atoms with E-state index < -0.39 is 0 Å². The summed E-state index contributed by atoms with van der Waals surface area (Å²) in [5.41, 5.74) is 2.80. The van der Waals surface area contributed by atoms with Gasteiger partial charge in [0.05, 0.1) is 0 Å². The largest absolute Gasteiger partial charge is 0.360 e. The average molecular weight is 302 g/mol. The summed E-state index contributed by atoms with van der Waals surface area (Å²) in [6, 6.07) is 9.61. The van der Waals surface area contributed by atoms with Crippen molar-refractivity contribution in [2.24, 2.45) is 0 Å². The molecule has 1 saturated heterocycles. The molecular formula is C18H26N2S. The number of nitrogens with one attached hydrogen (secondary N) is 1. The van der Waals surface area contributed by atoms with Crippen molar-refractivity contribution in [1.82, 2.24) is 10.2 Å².